The zero-order valence-corrected chi connectivity index (χ0v) is 15.6. The molecule has 0 radical (unpaired) electrons. The Bertz CT molecular complexity index is 515. The number of hydrogen-bond acceptors (Lipinski definition) is 3. The Kier molecular flexibility index (Phi) is 4.78. The Morgan fingerprint density at radius 2 is 1.52 bits per heavy atom. The maximum absolute atomic E-state index is 13.2. The Balaban J connectivity index is 1.46. The molecule has 1 heterocycles. The van der Waals surface area contributed by atoms with Gasteiger partial charge in [0.1, 0.15) is 5.54 Å². The van der Waals surface area contributed by atoms with Gasteiger partial charge in [0.25, 0.3) is 5.91 Å². The summed E-state index contributed by atoms with van der Waals surface area (Å²) in [4.78, 5) is 29.9. The Morgan fingerprint density at radius 3 is 2.08 bits per heavy atom. The van der Waals surface area contributed by atoms with Crippen molar-refractivity contribution < 1.29 is 9.59 Å². The van der Waals surface area contributed by atoms with Crippen molar-refractivity contribution in [2.75, 3.05) is 6.67 Å². The summed E-state index contributed by atoms with van der Waals surface area (Å²) in [5, 5.41) is 3.09. The van der Waals surface area contributed by atoms with E-state index in [1.54, 1.807) is 4.90 Å². The fraction of sp³-hybridized carbons (Fsp3) is 0.900. The summed E-state index contributed by atoms with van der Waals surface area (Å²) in [5.74, 6) is 0.873. The molecular formula is C20H33N3O2. The molecule has 3 amide bonds. The summed E-state index contributed by atoms with van der Waals surface area (Å²) in [6.45, 7) is 2.85. The van der Waals surface area contributed by atoms with Gasteiger partial charge < -0.3 is 5.32 Å². The summed E-state index contributed by atoms with van der Waals surface area (Å²) in [5.41, 5.74) is -0.593. The highest BCUT2D eigenvalue weighted by atomic mass is 16.2. The lowest BCUT2D eigenvalue weighted by molar-refractivity contribution is -0.133. The fourth-order valence-corrected chi connectivity index (χ4v) is 5.15. The van der Waals surface area contributed by atoms with Crippen molar-refractivity contribution in [1.82, 2.24) is 15.1 Å². The van der Waals surface area contributed by atoms with Crippen molar-refractivity contribution in [3.05, 3.63) is 0 Å². The Morgan fingerprint density at radius 1 is 0.960 bits per heavy atom. The summed E-state index contributed by atoms with van der Waals surface area (Å²) in [6.07, 6.45) is 13.5. The van der Waals surface area contributed by atoms with Gasteiger partial charge in [0, 0.05) is 12.1 Å². The minimum atomic E-state index is -0.593. The standard InChI is InChI=1S/C20H33N3O2/c1-15-6-8-16(9-7-15)22(17-10-11-17)14-23-18(24)20(21-19(23)25)12-4-2-3-5-13-20/h15-17H,2-14H2,1H3,(H,21,25). The molecule has 4 aliphatic rings. The van der Waals surface area contributed by atoms with E-state index in [1.165, 1.54) is 51.4 Å². The predicted octanol–water partition coefficient (Wildman–Crippen LogP) is 3.63. The second-order valence-corrected chi connectivity index (χ2v) is 8.96. The third-order valence-electron chi connectivity index (χ3n) is 6.98. The van der Waals surface area contributed by atoms with E-state index in [9.17, 15) is 9.59 Å². The van der Waals surface area contributed by atoms with Gasteiger partial charge in [-0.25, -0.2) is 9.69 Å². The lowest BCUT2D eigenvalue weighted by atomic mass is 9.86. The van der Waals surface area contributed by atoms with Gasteiger partial charge in [0.05, 0.1) is 6.67 Å². The number of nitrogens with one attached hydrogen (secondary N) is 1. The lowest BCUT2D eigenvalue weighted by Crippen LogP contribution is -2.50. The summed E-state index contributed by atoms with van der Waals surface area (Å²) in [7, 11) is 0. The quantitative estimate of drug-likeness (QED) is 0.790. The number of nitrogens with zero attached hydrogens (tertiary/aromatic N) is 2. The van der Waals surface area contributed by atoms with E-state index >= 15 is 0 Å². The number of urea groups is 1. The number of rotatable bonds is 4. The van der Waals surface area contributed by atoms with Crippen LogP contribution in [0.4, 0.5) is 4.79 Å². The van der Waals surface area contributed by atoms with Gasteiger partial charge in [-0.2, -0.15) is 0 Å². The molecule has 0 bridgehead atoms. The monoisotopic (exact) mass is 347 g/mol. The largest absolute Gasteiger partial charge is 0.326 e. The maximum Gasteiger partial charge on any atom is 0.326 e. The minimum absolute atomic E-state index is 0.0502. The van der Waals surface area contributed by atoms with Crippen LogP contribution in [0.3, 0.4) is 0 Å². The molecule has 140 valence electrons. The maximum atomic E-state index is 13.2. The third-order valence-corrected chi connectivity index (χ3v) is 6.98. The summed E-state index contributed by atoms with van der Waals surface area (Å²) in [6, 6.07) is 0.987. The van der Waals surface area contributed by atoms with E-state index in [0.29, 0.717) is 18.8 Å². The SMILES string of the molecule is CC1CCC(N(CN2C(=O)NC3(CCCCCC3)C2=O)C2CC2)CC1. The predicted molar refractivity (Wildman–Crippen MR) is 97.0 cm³/mol. The van der Waals surface area contributed by atoms with E-state index in [1.807, 2.05) is 0 Å². The van der Waals surface area contributed by atoms with Crippen molar-refractivity contribution in [3.63, 3.8) is 0 Å². The molecule has 0 aromatic carbocycles. The molecule has 0 aromatic rings. The zero-order valence-electron chi connectivity index (χ0n) is 15.6. The topological polar surface area (TPSA) is 52.6 Å². The molecule has 5 heteroatoms. The summed E-state index contributed by atoms with van der Waals surface area (Å²) < 4.78 is 0. The van der Waals surface area contributed by atoms with Crippen molar-refractivity contribution in [1.29, 1.82) is 0 Å². The van der Waals surface area contributed by atoms with Crippen LogP contribution in [0.5, 0.6) is 0 Å². The number of hydrogen-bond donors (Lipinski definition) is 1. The van der Waals surface area contributed by atoms with Crippen LogP contribution in [-0.4, -0.2) is 46.0 Å². The van der Waals surface area contributed by atoms with E-state index in [-0.39, 0.29) is 11.9 Å². The van der Waals surface area contributed by atoms with Crippen LogP contribution < -0.4 is 5.32 Å². The third kappa shape index (κ3) is 3.44. The summed E-state index contributed by atoms with van der Waals surface area (Å²) >= 11 is 0. The molecule has 0 unspecified atom stereocenters. The van der Waals surface area contributed by atoms with Crippen LogP contribution in [0, 0.1) is 5.92 Å². The highest BCUT2D eigenvalue weighted by Crippen LogP contribution is 2.37. The molecule has 1 N–H and O–H groups in total. The second-order valence-electron chi connectivity index (χ2n) is 8.96. The molecular weight excluding hydrogens is 314 g/mol. The van der Waals surface area contributed by atoms with Gasteiger partial charge in [0.2, 0.25) is 0 Å². The number of carbonyl (C=O) groups excluding carboxylic acids is 2. The zero-order chi connectivity index (χ0) is 17.4. The average molecular weight is 348 g/mol. The molecule has 3 aliphatic carbocycles. The highest BCUT2D eigenvalue weighted by molar-refractivity contribution is 6.07. The molecule has 1 spiro atoms. The first-order valence-electron chi connectivity index (χ1n) is 10.5. The van der Waals surface area contributed by atoms with Crippen LogP contribution in [0.25, 0.3) is 0 Å². The van der Waals surface area contributed by atoms with E-state index < -0.39 is 5.54 Å². The molecule has 4 rings (SSSR count). The number of amides is 3. The van der Waals surface area contributed by atoms with E-state index in [4.69, 9.17) is 0 Å². The van der Waals surface area contributed by atoms with Crippen LogP contribution in [0.15, 0.2) is 0 Å². The lowest BCUT2D eigenvalue weighted by Gasteiger charge is -2.38. The average Bonchev–Trinajstić information content (AvgIpc) is 3.41. The smallest absolute Gasteiger partial charge is 0.323 e. The molecule has 1 saturated heterocycles. The number of imide groups is 1. The molecule has 1 aliphatic heterocycles. The van der Waals surface area contributed by atoms with Crippen LogP contribution in [0.2, 0.25) is 0 Å². The minimum Gasteiger partial charge on any atom is -0.323 e. The number of carbonyl (C=O) groups is 2. The molecule has 5 nitrogen and oxygen atoms in total. The van der Waals surface area contributed by atoms with Crippen LogP contribution in [0.1, 0.15) is 84.0 Å². The normalized spacial score (nSPS) is 33.0. The van der Waals surface area contributed by atoms with Crippen molar-refractivity contribution in [3.8, 4) is 0 Å². The Hall–Kier alpha value is -1.10. The van der Waals surface area contributed by atoms with E-state index in [0.717, 1.165) is 31.6 Å². The highest BCUT2D eigenvalue weighted by Gasteiger charge is 2.52. The van der Waals surface area contributed by atoms with Crippen molar-refractivity contribution in [2.24, 2.45) is 5.92 Å². The first-order chi connectivity index (χ1) is 12.1. The first kappa shape index (κ1) is 17.3. The van der Waals surface area contributed by atoms with Crippen molar-refractivity contribution in [2.45, 2.75) is 102 Å². The van der Waals surface area contributed by atoms with Crippen molar-refractivity contribution >= 4 is 11.9 Å². The molecule has 0 atom stereocenters. The second kappa shape index (κ2) is 6.90. The molecule has 4 fully saturated rings. The Labute approximate surface area is 151 Å². The van der Waals surface area contributed by atoms with Gasteiger partial charge in [-0.05, 0) is 57.3 Å². The first-order valence-corrected chi connectivity index (χ1v) is 10.5. The van der Waals surface area contributed by atoms with Gasteiger partial charge in [-0.3, -0.25) is 9.69 Å². The van der Waals surface area contributed by atoms with Gasteiger partial charge >= 0.3 is 6.03 Å². The van der Waals surface area contributed by atoms with E-state index in [2.05, 4.69) is 17.1 Å². The molecule has 3 saturated carbocycles. The molecule has 0 aromatic heterocycles. The molecule has 25 heavy (non-hydrogen) atoms. The van der Waals surface area contributed by atoms with Gasteiger partial charge in [-0.15, -0.1) is 0 Å². The van der Waals surface area contributed by atoms with Gasteiger partial charge in [-0.1, -0.05) is 32.6 Å². The van der Waals surface area contributed by atoms with Crippen LogP contribution in [-0.2, 0) is 4.79 Å². The fourth-order valence-electron chi connectivity index (χ4n) is 5.15. The van der Waals surface area contributed by atoms with Crippen LogP contribution >= 0.6 is 0 Å². The van der Waals surface area contributed by atoms with Gasteiger partial charge in [0.15, 0.2) is 0 Å².